The molecule has 1 saturated heterocycles. The topological polar surface area (TPSA) is 75.3 Å². The first-order valence-corrected chi connectivity index (χ1v) is 5.94. The number of likely N-dealkylation sites (tertiary alicyclic amines) is 1. The van der Waals surface area contributed by atoms with Crippen molar-refractivity contribution in [3.05, 3.63) is 30.4 Å². The molecule has 0 unspecified atom stereocenters. The first-order valence-electron chi connectivity index (χ1n) is 5.94. The smallest absolute Gasteiger partial charge is 0.241 e. The van der Waals surface area contributed by atoms with Crippen molar-refractivity contribution in [2.45, 2.75) is 19.1 Å². The van der Waals surface area contributed by atoms with E-state index in [9.17, 15) is 5.11 Å². The van der Waals surface area contributed by atoms with Gasteiger partial charge in [-0.1, -0.05) is 5.16 Å². The molecule has 1 fully saturated rings. The van der Waals surface area contributed by atoms with E-state index in [0.717, 1.165) is 18.5 Å². The number of pyridine rings is 1. The molecule has 2 aromatic heterocycles. The zero-order valence-electron chi connectivity index (χ0n) is 9.86. The van der Waals surface area contributed by atoms with Crippen LogP contribution in [0.3, 0.4) is 0 Å². The van der Waals surface area contributed by atoms with Gasteiger partial charge in [-0.25, -0.2) is 0 Å². The van der Waals surface area contributed by atoms with Gasteiger partial charge in [0.25, 0.3) is 0 Å². The molecule has 1 aliphatic rings. The van der Waals surface area contributed by atoms with Crippen molar-refractivity contribution in [1.29, 1.82) is 0 Å². The van der Waals surface area contributed by atoms with Crippen LogP contribution in [0.25, 0.3) is 11.4 Å². The van der Waals surface area contributed by atoms with E-state index in [-0.39, 0.29) is 6.10 Å². The first-order chi connectivity index (χ1) is 8.81. The molecule has 1 aliphatic heterocycles. The van der Waals surface area contributed by atoms with Crippen LogP contribution in [0.1, 0.15) is 12.3 Å². The Kier molecular flexibility index (Phi) is 3.04. The molecule has 0 saturated carbocycles. The van der Waals surface area contributed by atoms with Crippen LogP contribution in [0.15, 0.2) is 29.0 Å². The molecule has 0 radical (unpaired) electrons. The fourth-order valence-corrected chi connectivity index (χ4v) is 2.08. The fourth-order valence-electron chi connectivity index (χ4n) is 2.08. The van der Waals surface area contributed by atoms with Crippen LogP contribution >= 0.6 is 0 Å². The highest BCUT2D eigenvalue weighted by atomic mass is 16.5. The van der Waals surface area contributed by atoms with E-state index in [1.807, 2.05) is 12.1 Å². The number of hydrogen-bond acceptors (Lipinski definition) is 6. The molecule has 1 N–H and O–H groups in total. The van der Waals surface area contributed by atoms with Crippen LogP contribution in [-0.4, -0.2) is 44.3 Å². The summed E-state index contributed by atoms with van der Waals surface area (Å²) in [6.07, 6.45) is 3.99. The van der Waals surface area contributed by atoms with Gasteiger partial charge >= 0.3 is 0 Å². The molecule has 3 rings (SSSR count). The SMILES string of the molecule is O[C@H]1CCN(Cc2nc(-c3cccnc3)no2)C1. The second kappa shape index (κ2) is 4.83. The zero-order chi connectivity index (χ0) is 12.4. The first kappa shape index (κ1) is 11.3. The summed E-state index contributed by atoms with van der Waals surface area (Å²) in [4.78, 5) is 10.4. The van der Waals surface area contributed by atoms with Crippen molar-refractivity contribution in [2.24, 2.45) is 0 Å². The van der Waals surface area contributed by atoms with Crippen LogP contribution in [0.2, 0.25) is 0 Å². The molecular weight excluding hydrogens is 232 g/mol. The minimum Gasteiger partial charge on any atom is -0.392 e. The summed E-state index contributed by atoms with van der Waals surface area (Å²) in [5, 5.41) is 13.4. The van der Waals surface area contributed by atoms with E-state index in [1.165, 1.54) is 0 Å². The number of β-amino-alcohol motifs (C(OH)–C–C–N with tert-alkyl or cyclic N) is 1. The maximum Gasteiger partial charge on any atom is 0.241 e. The van der Waals surface area contributed by atoms with Crippen molar-refractivity contribution in [3.63, 3.8) is 0 Å². The van der Waals surface area contributed by atoms with Crippen molar-refractivity contribution < 1.29 is 9.63 Å². The van der Waals surface area contributed by atoms with Gasteiger partial charge in [0.2, 0.25) is 11.7 Å². The Morgan fingerprint density at radius 1 is 1.50 bits per heavy atom. The average Bonchev–Trinajstić information content (AvgIpc) is 3.01. The normalized spacial score (nSPS) is 20.4. The van der Waals surface area contributed by atoms with Crippen LogP contribution in [0.4, 0.5) is 0 Å². The summed E-state index contributed by atoms with van der Waals surface area (Å²) in [5.74, 6) is 1.13. The molecule has 6 nitrogen and oxygen atoms in total. The standard InChI is InChI=1S/C12H14N4O2/c17-10-3-5-16(7-10)8-11-14-12(15-18-11)9-2-1-4-13-6-9/h1-2,4,6,10,17H,3,5,7-8H2/t10-/m0/s1. The Bertz CT molecular complexity index is 514. The fraction of sp³-hybridized carbons (Fsp3) is 0.417. The molecule has 0 aliphatic carbocycles. The largest absolute Gasteiger partial charge is 0.392 e. The van der Waals surface area contributed by atoms with E-state index >= 15 is 0 Å². The lowest BCUT2D eigenvalue weighted by Crippen LogP contribution is -2.21. The van der Waals surface area contributed by atoms with Gasteiger partial charge in [0.05, 0.1) is 12.6 Å². The van der Waals surface area contributed by atoms with Crippen LogP contribution in [-0.2, 0) is 6.54 Å². The lowest BCUT2D eigenvalue weighted by Gasteiger charge is -2.10. The van der Waals surface area contributed by atoms with Crippen LogP contribution in [0, 0.1) is 0 Å². The molecule has 0 amide bonds. The Balaban J connectivity index is 1.70. The van der Waals surface area contributed by atoms with Gasteiger partial charge in [-0.05, 0) is 18.6 Å². The van der Waals surface area contributed by atoms with E-state index in [2.05, 4.69) is 20.0 Å². The third kappa shape index (κ3) is 2.39. The second-order valence-electron chi connectivity index (χ2n) is 4.43. The lowest BCUT2D eigenvalue weighted by molar-refractivity contribution is 0.169. The molecule has 2 aromatic rings. The van der Waals surface area contributed by atoms with Gasteiger partial charge < -0.3 is 9.63 Å². The van der Waals surface area contributed by atoms with Gasteiger partial charge in [-0.2, -0.15) is 4.98 Å². The Morgan fingerprint density at radius 2 is 2.44 bits per heavy atom. The zero-order valence-corrected chi connectivity index (χ0v) is 9.86. The summed E-state index contributed by atoms with van der Waals surface area (Å²) < 4.78 is 5.20. The van der Waals surface area contributed by atoms with Crippen LogP contribution in [0.5, 0.6) is 0 Å². The van der Waals surface area contributed by atoms with E-state index in [0.29, 0.717) is 24.8 Å². The number of aliphatic hydroxyl groups is 1. The maximum absolute atomic E-state index is 9.44. The van der Waals surface area contributed by atoms with Gasteiger partial charge in [-0.3, -0.25) is 9.88 Å². The minimum absolute atomic E-state index is 0.231. The molecule has 0 bridgehead atoms. The molecular formula is C12H14N4O2. The highest BCUT2D eigenvalue weighted by molar-refractivity contribution is 5.51. The predicted molar refractivity (Wildman–Crippen MR) is 63.4 cm³/mol. The maximum atomic E-state index is 9.44. The summed E-state index contributed by atoms with van der Waals surface area (Å²) in [6.45, 7) is 2.13. The Hall–Kier alpha value is -1.79. The average molecular weight is 246 g/mol. The molecule has 3 heterocycles. The Labute approximate surface area is 104 Å². The van der Waals surface area contributed by atoms with Gasteiger partial charge in [-0.15, -0.1) is 0 Å². The number of aliphatic hydroxyl groups excluding tert-OH is 1. The number of aromatic nitrogens is 3. The quantitative estimate of drug-likeness (QED) is 0.859. The third-order valence-corrected chi connectivity index (χ3v) is 2.99. The molecule has 6 heteroatoms. The summed E-state index contributed by atoms with van der Waals surface area (Å²) in [5.41, 5.74) is 0.842. The minimum atomic E-state index is -0.231. The van der Waals surface area contributed by atoms with Gasteiger partial charge in [0.1, 0.15) is 0 Å². The molecule has 1 atom stereocenters. The second-order valence-corrected chi connectivity index (χ2v) is 4.43. The number of rotatable bonds is 3. The monoisotopic (exact) mass is 246 g/mol. The predicted octanol–water partition coefficient (Wildman–Crippen LogP) is 0.698. The van der Waals surface area contributed by atoms with Crippen molar-refractivity contribution in [2.75, 3.05) is 13.1 Å². The van der Waals surface area contributed by atoms with Crippen molar-refractivity contribution >= 4 is 0 Å². The van der Waals surface area contributed by atoms with Crippen LogP contribution < -0.4 is 0 Å². The molecule has 0 spiro atoms. The summed E-state index contributed by atoms with van der Waals surface area (Å²) >= 11 is 0. The van der Waals surface area contributed by atoms with E-state index in [4.69, 9.17) is 4.52 Å². The van der Waals surface area contributed by atoms with Gasteiger partial charge in [0, 0.05) is 31.0 Å². The third-order valence-electron chi connectivity index (χ3n) is 2.99. The number of hydrogen-bond donors (Lipinski definition) is 1. The number of nitrogens with zero attached hydrogens (tertiary/aromatic N) is 4. The Morgan fingerprint density at radius 3 is 3.17 bits per heavy atom. The van der Waals surface area contributed by atoms with Crippen molar-refractivity contribution in [3.8, 4) is 11.4 Å². The van der Waals surface area contributed by atoms with Crippen molar-refractivity contribution in [1.82, 2.24) is 20.0 Å². The highest BCUT2D eigenvalue weighted by Gasteiger charge is 2.22. The van der Waals surface area contributed by atoms with E-state index in [1.54, 1.807) is 12.4 Å². The highest BCUT2D eigenvalue weighted by Crippen LogP contribution is 2.16. The lowest BCUT2D eigenvalue weighted by atomic mass is 10.3. The molecule has 18 heavy (non-hydrogen) atoms. The summed E-state index contributed by atoms with van der Waals surface area (Å²) in [7, 11) is 0. The molecule has 94 valence electrons. The summed E-state index contributed by atoms with van der Waals surface area (Å²) in [6, 6.07) is 3.73. The van der Waals surface area contributed by atoms with E-state index < -0.39 is 0 Å². The molecule has 0 aromatic carbocycles. The van der Waals surface area contributed by atoms with Gasteiger partial charge in [0.15, 0.2) is 0 Å².